The van der Waals surface area contributed by atoms with Crippen molar-refractivity contribution >= 4 is 28.6 Å². The number of carbonyl (C=O) groups excluding carboxylic acids is 1. The summed E-state index contributed by atoms with van der Waals surface area (Å²) in [6, 6.07) is 0. The van der Waals surface area contributed by atoms with E-state index in [-0.39, 0.29) is 5.97 Å². The van der Waals surface area contributed by atoms with Gasteiger partial charge < -0.3 is 18.9 Å². The second-order valence-corrected chi connectivity index (χ2v) is 8.82. The van der Waals surface area contributed by atoms with Crippen LogP contribution in [0, 0.1) is 0 Å². The van der Waals surface area contributed by atoms with E-state index < -0.39 is 0 Å². The number of halogens is 1. The van der Waals surface area contributed by atoms with Gasteiger partial charge in [-0.15, -0.1) is 0 Å². The number of alkyl halides is 1. The summed E-state index contributed by atoms with van der Waals surface area (Å²) in [7, 11) is 0. The molecule has 0 atom stereocenters. The van der Waals surface area contributed by atoms with E-state index in [0.717, 1.165) is 25.9 Å². The first-order chi connectivity index (χ1) is 14.8. The monoisotopic (exact) mass is 542 g/mol. The van der Waals surface area contributed by atoms with Crippen molar-refractivity contribution in [3.8, 4) is 0 Å². The summed E-state index contributed by atoms with van der Waals surface area (Å²) in [6.45, 7) is 6.14. The Labute approximate surface area is 199 Å². The van der Waals surface area contributed by atoms with E-state index in [4.69, 9.17) is 18.9 Å². The largest absolute Gasteiger partial charge is 0.463 e. The van der Waals surface area contributed by atoms with Crippen LogP contribution in [-0.2, 0) is 23.7 Å². The van der Waals surface area contributed by atoms with E-state index in [0.29, 0.717) is 46.1 Å². The number of rotatable bonds is 25. The lowest BCUT2D eigenvalue weighted by Crippen LogP contribution is -2.14. The normalized spacial score (nSPS) is 11.1. The molecule has 6 heteroatoms. The Kier molecular flexibility index (Phi) is 27.2. The molecular weight excluding hydrogens is 495 g/mol. The van der Waals surface area contributed by atoms with Gasteiger partial charge in [0, 0.05) is 13.0 Å². The van der Waals surface area contributed by atoms with Crippen LogP contribution in [-0.4, -0.2) is 56.6 Å². The van der Waals surface area contributed by atoms with Gasteiger partial charge in [0.1, 0.15) is 6.61 Å². The van der Waals surface area contributed by atoms with Crippen LogP contribution in [0.15, 0.2) is 0 Å². The topological polar surface area (TPSA) is 54.0 Å². The predicted octanol–water partition coefficient (Wildman–Crippen LogP) is 6.50. The van der Waals surface area contributed by atoms with E-state index >= 15 is 0 Å². The summed E-state index contributed by atoms with van der Waals surface area (Å²) >= 11 is 2.42. The van der Waals surface area contributed by atoms with Gasteiger partial charge in [-0.2, -0.15) is 0 Å². The van der Waals surface area contributed by atoms with Crippen LogP contribution in [0.25, 0.3) is 0 Å². The quantitative estimate of drug-likeness (QED) is 0.0571. The molecule has 0 aromatic heterocycles. The van der Waals surface area contributed by atoms with Crippen molar-refractivity contribution < 1.29 is 23.7 Å². The summed E-state index contributed by atoms with van der Waals surface area (Å²) < 4.78 is 22.9. The highest BCUT2D eigenvalue weighted by molar-refractivity contribution is 14.1. The highest BCUT2D eigenvalue weighted by Gasteiger charge is 2.02. The molecule has 0 radical (unpaired) electrons. The molecule has 0 amide bonds. The average molecular weight is 543 g/mol. The van der Waals surface area contributed by atoms with Crippen LogP contribution in [0.1, 0.15) is 96.8 Å². The number of hydrogen-bond donors (Lipinski definition) is 0. The maximum Gasteiger partial charge on any atom is 0.305 e. The Balaban J connectivity index is 3.12. The first-order valence-electron chi connectivity index (χ1n) is 12.3. The van der Waals surface area contributed by atoms with Crippen LogP contribution >= 0.6 is 22.6 Å². The van der Waals surface area contributed by atoms with Gasteiger partial charge in [-0.1, -0.05) is 93.7 Å². The zero-order valence-corrected chi connectivity index (χ0v) is 21.6. The smallest absolute Gasteiger partial charge is 0.305 e. The third-order valence-electron chi connectivity index (χ3n) is 4.89. The summed E-state index contributed by atoms with van der Waals surface area (Å²) in [4.78, 5) is 11.7. The molecule has 30 heavy (non-hydrogen) atoms. The molecule has 0 saturated carbocycles. The number of hydrogen-bond acceptors (Lipinski definition) is 5. The number of esters is 1. The van der Waals surface area contributed by atoms with Crippen molar-refractivity contribution in [2.75, 3.05) is 50.7 Å². The van der Waals surface area contributed by atoms with Crippen molar-refractivity contribution in [2.24, 2.45) is 0 Å². The summed E-state index contributed by atoms with van der Waals surface area (Å²) in [5.74, 6) is -0.107. The minimum absolute atomic E-state index is 0.107. The van der Waals surface area contributed by atoms with Crippen molar-refractivity contribution in [3.05, 3.63) is 0 Å². The molecule has 0 aromatic carbocycles. The van der Waals surface area contributed by atoms with Gasteiger partial charge in [0.15, 0.2) is 0 Å². The molecule has 0 bridgehead atoms. The van der Waals surface area contributed by atoms with Crippen molar-refractivity contribution in [2.45, 2.75) is 96.8 Å². The van der Waals surface area contributed by atoms with Crippen molar-refractivity contribution in [1.29, 1.82) is 0 Å². The molecule has 0 aliphatic rings. The number of carbonyl (C=O) groups is 1. The molecule has 0 aliphatic heterocycles. The molecule has 0 saturated heterocycles. The third kappa shape index (κ3) is 26.1. The molecule has 0 heterocycles. The molecule has 0 spiro atoms. The third-order valence-corrected chi connectivity index (χ3v) is 5.65. The van der Waals surface area contributed by atoms with Gasteiger partial charge in [-0.05, 0) is 23.7 Å². The van der Waals surface area contributed by atoms with E-state index in [2.05, 4.69) is 29.5 Å². The van der Waals surface area contributed by atoms with Gasteiger partial charge >= 0.3 is 5.97 Å². The lowest BCUT2D eigenvalue weighted by atomic mass is 10.1. The Hall–Kier alpha value is 0.0800. The maximum atomic E-state index is 11.7. The van der Waals surface area contributed by atoms with Crippen molar-refractivity contribution in [3.63, 3.8) is 0 Å². The Morgan fingerprint density at radius 3 is 1.63 bits per heavy atom. The molecule has 0 rings (SSSR count). The minimum atomic E-state index is -0.107. The zero-order valence-electron chi connectivity index (χ0n) is 19.5. The van der Waals surface area contributed by atoms with E-state index in [1.165, 1.54) is 68.6 Å². The highest BCUT2D eigenvalue weighted by Crippen LogP contribution is 2.10. The van der Waals surface area contributed by atoms with E-state index in [9.17, 15) is 4.79 Å². The fraction of sp³-hybridized carbons (Fsp3) is 0.958. The second kappa shape index (κ2) is 27.1. The first kappa shape index (κ1) is 30.1. The molecule has 0 aromatic rings. The molecule has 0 fully saturated rings. The molecule has 0 N–H and O–H groups in total. The minimum Gasteiger partial charge on any atom is -0.463 e. The van der Waals surface area contributed by atoms with Crippen LogP contribution in [0.3, 0.4) is 0 Å². The fourth-order valence-corrected chi connectivity index (χ4v) is 3.60. The molecule has 0 aliphatic carbocycles. The maximum absolute atomic E-state index is 11.7. The van der Waals surface area contributed by atoms with Gasteiger partial charge in [-0.25, -0.2) is 0 Å². The van der Waals surface area contributed by atoms with E-state index in [1.807, 2.05) is 0 Å². The number of unbranched alkanes of at least 4 members (excludes halogenated alkanes) is 11. The summed E-state index contributed by atoms with van der Waals surface area (Å²) in [5, 5.41) is 0. The van der Waals surface area contributed by atoms with Gasteiger partial charge in [0.05, 0.1) is 33.0 Å². The van der Waals surface area contributed by atoms with Gasteiger partial charge in [0.2, 0.25) is 0 Å². The Morgan fingerprint density at radius 2 is 1.03 bits per heavy atom. The lowest BCUT2D eigenvalue weighted by molar-refractivity contribution is -0.145. The van der Waals surface area contributed by atoms with E-state index in [1.54, 1.807) is 0 Å². The molecule has 0 unspecified atom stereocenters. The second-order valence-electron chi connectivity index (χ2n) is 7.74. The summed E-state index contributed by atoms with van der Waals surface area (Å²) in [6.07, 6.45) is 16.8. The lowest BCUT2D eigenvalue weighted by Gasteiger charge is -2.08. The predicted molar refractivity (Wildman–Crippen MR) is 133 cm³/mol. The Bertz CT molecular complexity index is 342. The van der Waals surface area contributed by atoms with Crippen LogP contribution in [0.2, 0.25) is 0 Å². The standard InChI is InChI=1S/C24H47IO5/c1-2-3-4-5-6-7-8-9-12-15-24(26)30-23-22-29-21-20-28-19-18-27-17-14-11-10-13-16-25/h2-23H2,1H3. The van der Waals surface area contributed by atoms with Gasteiger partial charge in [-0.3, -0.25) is 4.79 Å². The van der Waals surface area contributed by atoms with Crippen LogP contribution < -0.4 is 0 Å². The van der Waals surface area contributed by atoms with Crippen molar-refractivity contribution in [1.82, 2.24) is 0 Å². The fourth-order valence-electron chi connectivity index (χ4n) is 3.06. The van der Waals surface area contributed by atoms with Crippen LogP contribution in [0.5, 0.6) is 0 Å². The Morgan fingerprint density at radius 1 is 0.567 bits per heavy atom. The number of ether oxygens (including phenoxy) is 4. The highest BCUT2D eigenvalue weighted by atomic mass is 127. The van der Waals surface area contributed by atoms with Crippen LogP contribution in [0.4, 0.5) is 0 Å². The SMILES string of the molecule is CCCCCCCCCCCC(=O)OCCOCCOCCOCCCCCCI. The first-order valence-corrected chi connectivity index (χ1v) is 13.8. The average Bonchev–Trinajstić information content (AvgIpc) is 2.75. The van der Waals surface area contributed by atoms with Gasteiger partial charge in [0.25, 0.3) is 0 Å². The molecule has 5 nitrogen and oxygen atoms in total. The summed E-state index contributed by atoms with van der Waals surface area (Å²) in [5.41, 5.74) is 0. The zero-order chi connectivity index (χ0) is 22.0. The molecule has 180 valence electrons. The molecular formula is C24H47IO5.